The quantitative estimate of drug-likeness (QED) is 0.848. The van der Waals surface area contributed by atoms with Crippen LogP contribution in [0.1, 0.15) is 44.6 Å². The molecule has 1 saturated carbocycles. The van der Waals surface area contributed by atoms with Crippen LogP contribution in [-0.2, 0) is 0 Å². The summed E-state index contributed by atoms with van der Waals surface area (Å²) in [4.78, 5) is 0. The minimum atomic E-state index is -0.289. The van der Waals surface area contributed by atoms with E-state index in [1.165, 1.54) is 5.56 Å². The van der Waals surface area contributed by atoms with Crippen LogP contribution in [0.25, 0.3) is 0 Å². The topological polar surface area (TPSA) is 29.5 Å². The minimum absolute atomic E-state index is 0.0117. The van der Waals surface area contributed by atoms with Gasteiger partial charge in [-0.25, -0.2) is 0 Å². The molecule has 0 spiro atoms. The van der Waals surface area contributed by atoms with Gasteiger partial charge in [-0.1, -0.05) is 26.0 Å². The molecular formula is C14H20O2. The molecule has 0 radical (unpaired) electrons. The van der Waals surface area contributed by atoms with Crippen molar-refractivity contribution in [1.29, 1.82) is 0 Å². The molecule has 2 heteroatoms. The van der Waals surface area contributed by atoms with Gasteiger partial charge in [0, 0.05) is 0 Å². The first-order chi connectivity index (χ1) is 7.66. The van der Waals surface area contributed by atoms with Crippen molar-refractivity contribution < 1.29 is 9.84 Å². The van der Waals surface area contributed by atoms with E-state index in [9.17, 15) is 5.11 Å². The highest BCUT2D eigenvalue weighted by molar-refractivity contribution is 5.30. The molecule has 2 atom stereocenters. The third-order valence-corrected chi connectivity index (χ3v) is 3.23. The van der Waals surface area contributed by atoms with E-state index in [2.05, 4.69) is 26.0 Å². The van der Waals surface area contributed by atoms with Gasteiger partial charge in [-0.2, -0.15) is 0 Å². The van der Waals surface area contributed by atoms with Gasteiger partial charge in [-0.15, -0.1) is 0 Å². The van der Waals surface area contributed by atoms with E-state index < -0.39 is 0 Å². The molecule has 2 rings (SSSR count). The lowest BCUT2D eigenvalue weighted by atomic mass is 10.0. The molecule has 16 heavy (non-hydrogen) atoms. The van der Waals surface area contributed by atoms with Crippen molar-refractivity contribution in [3.8, 4) is 5.75 Å². The molecule has 1 aromatic carbocycles. The first kappa shape index (κ1) is 11.5. The maximum absolute atomic E-state index is 9.70. The molecule has 1 N–H and O–H groups in total. The van der Waals surface area contributed by atoms with Crippen LogP contribution in [0.15, 0.2) is 24.3 Å². The number of benzene rings is 1. The molecule has 0 unspecified atom stereocenters. The molecule has 1 aliphatic rings. The molecule has 0 heterocycles. The maximum atomic E-state index is 9.70. The number of hydrogen-bond acceptors (Lipinski definition) is 2. The second-order valence-corrected chi connectivity index (χ2v) is 4.88. The van der Waals surface area contributed by atoms with Gasteiger partial charge in [-0.3, -0.25) is 0 Å². The molecule has 0 aromatic heterocycles. The van der Waals surface area contributed by atoms with Gasteiger partial charge in [0.15, 0.2) is 0 Å². The Hall–Kier alpha value is -1.02. The Kier molecular flexibility index (Phi) is 3.49. The summed E-state index contributed by atoms with van der Waals surface area (Å²) in [5.74, 6) is 1.40. The van der Waals surface area contributed by atoms with Gasteiger partial charge in [-0.05, 0) is 42.9 Å². The van der Waals surface area contributed by atoms with Gasteiger partial charge >= 0.3 is 0 Å². The van der Waals surface area contributed by atoms with Crippen LogP contribution >= 0.6 is 0 Å². The standard InChI is InChI=1S/C14H20O2/c1-10(2)11-5-3-6-12(9-11)16-14-8-4-7-13(14)15/h3,5-6,9-10,13-15H,4,7-8H2,1-2H3/t13-,14-/m0/s1. The fraction of sp³-hybridized carbons (Fsp3) is 0.571. The van der Waals surface area contributed by atoms with E-state index in [1.54, 1.807) is 0 Å². The Labute approximate surface area is 97.3 Å². The molecule has 1 aliphatic carbocycles. The van der Waals surface area contributed by atoms with Crippen LogP contribution in [0.5, 0.6) is 5.75 Å². The van der Waals surface area contributed by atoms with Crippen LogP contribution in [0, 0.1) is 0 Å². The van der Waals surface area contributed by atoms with Gasteiger partial charge < -0.3 is 9.84 Å². The van der Waals surface area contributed by atoms with Crippen molar-refractivity contribution in [2.45, 2.75) is 51.2 Å². The molecule has 1 aromatic rings. The zero-order chi connectivity index (χ0) is 11.5. The maximum Gasteiger partial charge on any atom is 0.124 e. The van der Waals surface area contributed by atoms with Crippen LogP contribution in [-0.4, -0.2) is 17.3 Å². The second kappa shape index (κ2) is 4.88. The third-order valence-electron chi connectivity index (χ3n) is 3.23. The predicted molar refractivity (Wildman–Crippen MR) is 64.8 cm³/mol. The third kappa shape index (κ3) is 2.56. The Morgan fingerprint density at radius 3 is 2.75 bits per heavy atom. The fourth-order valence-electron chi connectivity index (χ4n) is 2.17. The van der Waals surface area contributed by atoms with E-state index in [1.807, 2.05) is 12.1 Å². The van der Waals surface area contributed by atoms with E-state index in [-0.39, 0.29) is 12.2 Å². The summed E-state index contributed by atoms with van der Waals surface area (Å²) in [6.45, 7) is 4.34. The van der Waals surface area contributed by atoms with Crippen molar-refractivity contribution >= 4 is 0 Å². The zero-order valence-corrected chi connectivity index (χ0v) is 10.0. The minimum Gasteiger partial charge on any atom is -0.488 e. The van der Waals surface area contributed by atoms with Gasteiger partial charge in [0.2, 0.25) is 0 Å². The number of ether oxygens (including phenoxy) is 1. The molecule has 2 nitrogen and oxygen atoms in total. The van der Waals surface area contributed by atoms with Gasteiger partial charge in [0.05, 0.1) is 6.10 Å². The number of aliphatic hydroxyl groups excluding tert-OH is 1. The lowest BCUT2D eigenvalue weighted by Crippen LogP contribution is -2.25. The summed E-state index contributed by atoms with van der Waals surface area (Å²) in [7, 11) is 0. The smallest absolute Gasteiger partial charge is 0.124 e. The molecule has 0 aliphatic heterocycles. The summed E-state index contributed by atoms with van der Waals surface area (Å²) in [5, 5.41) is 9.70. The number of aliphatic hydroxyl groups is 1. The SMILES string of the molecule is CC(C)c1cccc(O[C@H]2CCC[C@@H]2O)c1. The summed E-state index contributed by atoms with van der Waals surface area (Å²) in [6.07, 6.45) is 2.60. The lowest BCUT2D eigenvalue weighted by molar-refractivity contribution is 0.0603. The number of hydrogen-bond donors (Lipinski definition) is 1. The highest BCUT2D eigenvalue weighted by atomic mass is 16.5. The molecule has 0 bridgehead atoms. The molecular weight excluding hydrogens is 200 g/mol. The fourth-order valence-corrected chi connectivity index (χ4v) is 2.17. The highest BCUT2D eigenvalue weighted by Gasteiger charge is 2.26. The largest absolute Gasteiger partial charge is 0.488 e. The zero-order valence-electron chi connectivity index (χ0n) is 10.0. The summed E-state index contributed by atoms with van der Waals surface area (Å²) < 4.78 is 5.83. The first-order valence-corrected chi connectivity index (χ1v) is 6.11. The van der Waals surface area contributed by atoms with Gasteiger partial charge in [0.25, 0.3) is 0 Å². The summed E-state index contributed by atoms with van der Waals surface area (Å²) in [6, 6.07) is 8.18. The van der Waals surface area contributed by atoms with Crippen molar-refractivity contribution in [3.63, 3.8) is 0 Å². The first-order valence-electron chi connectivity index (χ1n) is 6.11. The van der Waals surface area contributed by atoms with E-state index in [4.69, 9.17) is 4.74 Å². The van der Waals surface area contributed by atoms with Gasteiger partial charge in [0.1, 0.15) is 11.9 Å². The van der Waals surface area contributed by atoms with Crippen LogP contribution in [0.3, 0.4) is 0 Å². The monoisotopic (exact) mass is 220 g/mol. The van der Waals surface area contributed by atoms with E-state index in [0.717, 1.165) is 25.0 Å². The van der Waals surface area contributed by atoms with Crippen molar-refractivity contribution in [2.75, 3.05) is 0 Å². The number of rotatable bonds is 3. The Morgan fingerprint density at radius 2 is 2.12 bits per heavy atom. The highest BCUT2D eigenvalue weighted by Crippen LogP contribution is 2.26. The average molecular weight is 220 g/mol. The molecule has 0 amide bonds. The normalized spacial score (nSPS) is 25.0. The summed E-state index contributed by atoms with van der Waals surface area (Å²) in [5.41, 5.74) is 1.28. The van der Waals surface area contributed by atoms with Crippen LogP contribution in [0.4, 0.5) is 0 Å². The Morgan fingerprint density at radius 1 is 1.31 bits per heavy atom. The molecule has 0 saturated heterocycles. The second-order valence-electron chi connectivity index (χ2n) is 4.88. The van der Waals surface area contributed by atoms with Crippen molar-refractivity contribution in [1.82, 2.24) is 0 Å². The summed E-state index contributed by atoms with van der Waals surface area (Å²) >= 11 is 0. The molecule has 1 fully saturated rings. The Balaban J connectivity index is 2.06. The van der Waals surface area contributed by atoms with Crippen molar-refractivity contribution in [3.05, 3.63) is 29.8 Å². The van der Waals surface area contributed by atoms with Crippen LogP contribution in [0.2, 0.25) is 0 Å². The molecule has 88 valence electrons. The van der Waals surface area contributed by atoms with Crippen molar-refractivity contribution in [2.24, 2.45) is 0 Å². The average Bonchev–Trinajstić information content (AvgIpc) is 2.65. The lowest BCUT2D eigenvalue weighted by Gasteiger charge is -2.18. The van der Waals surface area contributed by atoms with Crippen LogP contribution < -0.4 is 4.74 Å². The Bertz CT molecular complexity index is 346. The predicted octanol–water partition coefficient (Wildman–Crippen LogP) is 3.10. The van der Waals surface area contributed by atoms with E-state index >= 15 is 0 Å². The van der Waals surface area contributed by atoms with E-state index in [0.29, 0.717) is 5.92 Å².